The molecular formula is C22H27IN4O2. The normalized spacial score (nSPS) is 10.9. The second-order valence-electron chi connectivity index (χ2n) is 6.53. The molecule has 0 fully saturated rings. The highest BCUT2D eigenvalue weighted by molar-refractivity contribution is 14.0. The number of nitrogens with one attached hydrogen (secondary N) is 2. The largest absolute Gasteiger partial charge is 0.469 e. The highest BCUT2D eigenvalue weighted by atomic mass is 127. The van der Waals surface area contributed by atoms with Gasteiger partial charge in [-0.15, -0.1) is 24.0 Å². The van der Waals surface area contributed by atoms with Crippen molar-refractivity contribution in [1.29, 1.82) is 0 Å². The summed E-state index contributed by atoms with van der Waals surface area (Å²) in [7, 11) is 1.75. The minimum Gasteiger partial charge on any atom is -0.469 e. The number of aliphatic imine (C=N–C) groups is 1. The Morgan fingerprint density at radius 2 is 1.97 bits per heavy atom. The van der Waals surface area contributed by atoms with E-state index in [9.17, 15) is 0 Å². The van der Waals surface area contributed by atoms with Gasteiger partial charge in [-0.05, 0) is 60.9 Å². The zero-order valence-electron chi connectivity index (χ0n) is 16.9. The van der Waals surface area contributed by atoms with Crippen LogP contribution >= 0.6 is 24.0 Å². The van der Waals surface area contributed by atoms with Gasteiger partial charge in [0.15, 0.2) is 5.96 Å². The molecule has 3 rings (SSSR count). The molecule has 2 aromatic heterocycles. The van der Waals surface area contributed by atoms with Gasteiger partial charge in [0.05, 0.1) is 6.26 Å². The number of nitrogens with zero attached hydrogens (tertiary/aromatic N) is 2. The van der Waals surface area contributed by atoms with Gasteiger partial charge in [-0.3, -0.25) is 4.99 Å². The van der Waals surface area contributed by atoms with Crippen LogP contribution in [0.4, 0.5) is 0 Å². The summed E-state index contributed by atoms with van der Waals surface area (Å²) in [5, 5.41) is 6.57. The second kappa shape index (κ2) is 11.5. The Bertz CT molecular complexity index is 926. The van der Waals surface area contributed by atoms with E-state index in [1.165, 1.54) is 11.1 Å². The Hall–Kier alpha value is -2.55. The fourth-order valence-corrected chi connectivity index (χ4v) is 2.68. The topological polar surface area (TPSA) is 71.7 Å². The molecule has 1 aromatic carbocycles. The molecule has 0 amide bonds. The molecule has 0 atom stereocenters. The van der Waals surface area contributed by atoms with E-state index in [0.717, 1.165) is 36.0 Å². The highest BCUT2D eigenvalue weighted by Gasteiger charge is 2.04. The molecule has 7 heteroatoms. The lowest BCUT2D eigenvalue weighted by Crippen LogP contribution is -2.37. The molecule has 3 aromatic rings. The molecule has 154 valence electrons. The average molecular weight is 506 g/mol. The Morgan fingerprint density at radius 1 is 1.10 bits per heavy atom. The summed E-state index contributed by atoms with van der Waals surface area (Å²) in [6, 6.07) is 13.8. The molecule has 0 saturated carbocycles. The average Bonchev–Trinajstić information content (AvgIpc) is 3.21. The lowest BCUT2D eigenvalue weighted by atomic mass is 10.1. The third-order valence-corrected chi connectivity index (χ3v) is 4.43. The van der Waals surface area contributed by atoms with Gasteiger partial charge in [0.1, 0.15) is 11.5 Å². The van der Waals surface area contributed by atoms with Crippen molar-refractivity contribution >= 4 is 29.9 Å². The highest BCUT2D eigenvalue weighted by Crippen LogP contribution is 2.22. The van der Waals surface area contributed by atoms with Crippen LogP contribution in [-0.2, 0) is 13.0 Å². The minimum atomic E-state index is 0. The first-order valence-corrected chi connectivity index (χ1v) is 9.31. The van der Waals surface area contributed by atoms with E-state index in [4.69, 9.17) is 9.15 Å². The van der Waals surface area contributed by atoms with Crippen LogP contribution in [0.1, 0.15) is 22.5 Å². The lowest BCUT2D eigenvalue weighted by molar-refractivity contribution is 0.461. The van der Waals surface area contributed by atoms with Crippen LogP contribution in [0.25, 0.3) is 0 Å². The Balaban J connectivity index is 0.00000300. The first-order valence-electron chi connectivity index (χ1n) is 9.31. The third kappa shape index (κ3) is 7.08. The molecule has 0 unspecified atom stereocenters. The maximum Gasteiger partial charge on any atom is 0.219 e. The summed E-state index contributed by atoms with van der Waals surface area (Å²) in [6.07, 6.45) is 4.24. The standard InChI is InChI=1S/C22H26N4O2.HI/c1-16-6-7-20(13-17(16)2)28-21-14-18(8-10-24-21)15-26-22(23-3)25-11-9-19-5-4-12-27-19;/h4-8,10,12-14H,9,11,15H2,1-3H3,(H2,23,25,26);1H. The number of hydrogen-bond donors (Lipinski definition) is 2. The van der Waals surface area contributed by atoms with Gasteiger partial charge in [-0.2, -0.15) is 0 Å². The van der Waals surface area contributed by atoms with Crippen LogP contribution < -0.4 is 15.4 Å². The number of benzene rings is 1. The summed E-state index contributed by atoms with van der Waals surface area (Å²) < 4.78 is 11.2. The van der Waals surface area contributed by atoms with E-state index in [-0.39, 0.29) is 24.0 Å². The maximum absolute atomic E-state index is 5.90. The van der Waals surface area contributed by atoms with Crippen molar-refractivity contribution in [1.82, 2.24) is 15.6 Å². The zero-order chi connectivity index (χ0) is 19.8. The molecule has 29 heavy (non-hydrogen) atoms. The molecule has 0 aliphatic rings. The summed E-state index contributed by atoms with van der Waals surface area (Å²) >= 11 is 0. The van der Waals surface area contributed by atoms with Crippen molar-refractivity contribution in [2.45, 2.75) is 26.8 Å². The molecule has 0 aliphatic heterocycles. The number of ether oxygens (including phenoxy) is 1. The molecule has 0 bridgehead atoms. The van der Waals surface area contributed by atoms with Gasteiger partial charge in [0.2, 0.25) is 5.88 Å². The van der Waals surface area contributed by atoms with Crippen molar-refractivity contribution in [3.8, 4) is 11.6 Å². The number of guanidine groups is 1. The van der Waals surface area contributed by atoms with Crippen LogP contribution in [0.2, 0.25) is 0 Å². The Morgan fingerprint density at radius 3 is 2.69 bits per heavy atom. The van der Waals surface area contributed by atoms with Crippen molar-refractivity contribution in [2.24, 2.45) is 4.99 Å². The maximum atomic E-state index is 5.90. The van der Waals surface area contributed by atoms with Gasteiger partial charge in [0.25, 0.3) is 0 Å². The van der Waals surface area contributed by atoms with E-state index in [2.05, 4.69) is 40.5 Å². The number of aromatic nitrogens is 1. The van der Waals surface area contributed by atoms with Gasteiger partial charge in [0, 0.05) is 38.8 Å². The van der Waals surface area contributed by atoms with E-state index >= 15 is 0 Å². The fraction of sp³-hybridized carbons (Fsp3) is 0.273. The molecule has 0 aliphatic carbocycles. The first kappa shape index (κ1) is 22.7. The number of rotatable bonds is 7. The predicted molar refractivity (Wildman–Crippen MR) is 126 cm³/mol. The number of halogens is 1. The van der Waals surface area contributed by atoms with E-state index in [1.807, 2.05) is 36.4 Å². The van der Waals surface area contributed by atoms with Crippen molar-refractivity contribution in [2.75, 3.05) is 13.6 Å². The molecule has 0 saturated heterocycles. The number of furan rings is 1. The van der Waals surface area contributed by atoms with Crippen molar-refractivity contribution in [3.05, 3.63) is 77.4 Å². The SMILES string of the molecule is CN=C(NCCc1ccco1)NCc1ccnc(Oc2ccc(C)c(C)c2)c1.I. The molecule has 0 radical (unpaired) electrons. The summed E-state index contributed by atoms with van der Waals surface area (Å²) in [4.78, 5) is 8.55. The van der Waals surface area contributed by atoms with Crippen molar-refractivity contribution < 1.29 is 9.15 Å². The van der Waals surface area contributed by atoms with Gasteiger partial charge >= 0.3 is 0 Å². The smallest absolute Gasteiger partial charge is 0.219 e. The predicted octanol–water partition coefficient (Wildman–Crippen LogP) is 4.61. The lowest BCUT2D eigenvalue weighted by Gasteiger charge is -2.12. The summed E-state index contributed by atoms with van der Waals surface area (Å²) in [5.41, 5.74) is 3.49. The number of pyridine rings is 1. The molecular weight excluding hydrogens is 479 g/mol. The second-order valence-corrected chi connectivity index (χ2v) is 6.53. The summed E-state index contributed by atoms with van der Waals surface area (Å²) in [5.74, 6) is 3.05. The Kier molecular flexibility index (Phi) is 8.98. The monoisotopic (exact) mass is 506 g/mol. The number of aryl methyl sites for hydroxylation is 2. The molecule has 6 nitrogen and oxygen atoms in total. The molecule has 2 heterocycles. The Labute approximate surface area is 188 Å². The van der Waals surface area contributed by atoms with E-state index in [1.54, 1.807) is 19.5 Å². The van der Waals surface area contributed by atoms with Crippen LogP contribution in [0.15, 0.2) is 64.3 Å². The fourth-order valence-electron chi connectivity index (χ4n) is 2.68. The quantitative estimate of drug-likeness (QED) is 0.278. The van der Waals surface area contributed by atoms with Gasteiger partial charge in [-0.25, -0.2) is 4.98 Å². The van der Waals surface area contributed by atoms with E-state index in [0.29, 0.717) is 12.4 Å². The molecule has 0 spiro atoms. The van der Waals surface area contributed by atoms with Crippen LogP contribution in [0.3, 0.4) is 0 Å². The van der Waals surface area contributed by atoms with E-state index < -0.39 is 0 Å². The van der Waals surface area contributed by atoms with Gasteiger partial charge < -0.3 is 19.8 Å². The minimum absolute atomic E-state index is 0. The number of hydrogen-bond acceptors (Lipinski definition) is 4. The van der Waals surface area contributed by atoms with Crippen LogP contribution in [0, 0.1) is 13.8 Å². The van der Waals surface area contributed by atoms with Crippen LogP contribution in [-0.4, -0.2) is 24.5 Å². The van der Waals surface area contributed by atoms with Crippen molar-refractivity contribution in [3.63, 3.8) is 0 Å². The first-order chi connectivity index (χ1) is 13.6. The summed E-state index contributed by atoms with van der Waals surface area (Å²) in [6.45, 7) is 5.51. The van der Waals surface area contributed by atoms with Crippen LogP contribution in [0.5, 0.6) is 11.6 Å². The molecule has 2 N–H and O–H groups in total. The third-order valence-electron chi connectivity index (χ3n) is 4.43. The zero-order valence-corrected chi connectivity index (χ0v) is 19.3. The van der Waals surface area contributed by atoms with Gasteiger partial charge in [-0.1, -0.05) is 6.07 Å².